The molecule has 1 aliphatic rings. The first-order valence-corrected chi connectivity index (χ1v) is 5.57. The van der Waals surface area contributed by atoms with E-state index >= 15 is 0 Å². The lowest BCUT2D eigenvalue weighted by Gasteiger charge is -2.10. The van der Waals surface area contributed by atoms with Crippen LogP contribution < -0.4 is 10.6 Å². The van der Waals surface area contributed by atoms with Crippen molar-refractivity contribution in [3.8, 4) is 0 Å². The predicted octanol–water partition coefficient (Wildman–Crippen LogP) is 0.733. The number of halogens is 1. The maximum Gasteiger partial charge on any atom is 0.251 e. The van der Waals surface area contributed by atoms with E-state index in [1.54, 1.807) is 0 Å². The Morgan fingerprint density at radius 2 is 2.29 bits per heavy atom. The van der Waals surface area contributed by atoms with Gasteiger partial charge in [0.25, 0.3) is 5.91 Å². The normalized spacial score (nSPS) is 18.9. The van der Waals surface area contributed by atoms with Crippen LogP contribution in [0.25, 0.3) is 0 Å². The van der Waals surface area contributed by atoms with Crippen LogP contribution in [0.3, 0.4) is 0 Å². The van der Waals surface area contributed by atoms with Gasteiger partial charge in [0.1, 0.15) is 5.82 Å². The number of carbonyl (C=O) groups is 2. The van der Waals surface area contributed by atoms with Gasteiger partial charge in [0.2, 0.25) is 5.91 Å². The summed E-state index contributed by atoms with van der Waals surface area (Å²) in [5.74, 6) is -0.881. The third-order valence-corrected chi connectivity index (χ3v) is 2.86. The standard InChI is InChI=1S/C11H11FN2O2S/c12-8-2-1-6(3-9(8)17)11(16)14-7-4-10(15)13-5-7/h1-3,7,17H,4-5H2,(H,13,15)(H,14,16). The minimum absolute atomic E-state index is 0.0794. The van der Waals surface area contributed by atoms with Crippen LogP contribution in [0.2, 0.25) is 0 Å². The average Bonchev–Trinajstić information content (AvgIpc) is 2.68. The fourth-order valence-corrected chi connectivity index (χ4v) is 1.84. The number of hydrogen-bond donors (Lipinski definition) is 3. The number of benzene rings is 1. The molecule has 1 aromatic carbocycles. The Morgan fingerprint density at radius 3 is 2.88 bits per heavy atom. The Kier molecular flexibility index (Phi) is 3.33. The number of amides is 2. The van der Waals surface area contributed by atoms with Crippen LogP contribution in [0.5, 0.6) is 0 Å². The average molecular weight is 254 g/mol. The summed E-state index contributed by atoms with van der Waals surface area (Å²) in [4.78, 5) is 22.8. The Balaban J connectivity index is 2.04. The summed E-state index contributed by atoms with van der Waals surface area (Å²) in [5, 5.41) is 5.31. The highest BCUT2D eigenvalue weighted by Crippen LogP contribution is 2.14. The van der Waals surface area contributed by atoms with Crippen molar-refractivity contribution >= 4 is 24.4 Å². The lowest BCUT2D eigenvalue weighted by Crippen LogP contribution is -2.36. The van der Waals surface area contributed by atoms with Crippen molar-refractivity contribution < 1.29 is 14.0 Å². The zero-order chi connectivity index (χ0) is 12.4. The summed E-state index contributed by atoms with van der Waals surface area (Å²) in [6.07, 6.45) is 0.278. The van der Waals surface area contributed by atoms with Crippen LogP contribution in [0.15, 0.2) is 23.1 Å². The molecule has 1 aromatic rings. The van der Waals surface area contributed by atoms with E-state index in [9.17, 15) is 14.0 Å². The second-order valence-corrected chi connectivity index (χ2v) is 4.33. The first-order valence-electron chi connectivity index (χ1n) is 5.12. The van der Waals surface area contributed by atoms with Crippen LogP contribution in [-0.2, 0) is 4.79 Å². The second-order valence-electron chi connectivity index (χ2n) is 3.84. The maximum atomic E-state index is 13.0. The second kappa shape index (κ2) is 4.75. The molecule has 2 rings (SSSR count). The van der Waals surface area contributed by atoms with E-state index in [1.807, 2.05) is 0 Å². The first kappa shape index (κ1) is 11.9. The zero-order valence-corrected chi connectivity index (χ0v) is 9.76. The molecule has 2 amide bonds. The van der Waals surface area contributed by atoms with Gasteiger partial charge in [0.15, 0.2) is 0 Å². The predicted molar refractivity (Wildman–Crippen MR) is 62.5 cm³/mol. The highest BCUT2D eigenvalue weighted by Gasteiger charge is 2.23. The number of rotatable bonds is 2. The number of nitrogens with one attached hydrogen (secondary N) is 2. The molecule has 1 aliphatic heterocycles. The Morgan fingerprint density at radius 1 is 1.53 bits per heavy atom. The van der Waals surface area contributed by atoms with Crippen molar-refractivity contribution in [2.75, 3.05) is 6.54 Å². The molecule has 0 saturated carbocycles. The lowest BCUT2D eigenvalue weighted by molar-refractivity contribution is -0.119. The molecule has 4 nitrogen and oxygen atoms in total. The van der Waals surface area contributed by atoms with Crippen LogP contribution in [-0.4, -0.2) is 24.4 Å². The topological polar surface area (TPSA) is 58.2 Å². The van der Waals surface area contributed by atoms with Crippen molar-refractivity contribution in [3.63, 3.8) is 0 Å². The van der Waals surface area contributed by atoms with Gasteiger partial charge in [0, 0.05) is 23.4 Å². The molecule has 6 heteroatoms. The summed E-state index contributed by atoms with van der Waals surface area (Å²) in [7, 11) is 0. The molecule has 0 radical (unpaired) electrons. The molecule has 1 heterocycles. The van der Waals surface area contributed by atoms with E-state index in [1.165, 1.54) is 18.2 Å². The fourth-order valence-electron chi connectivity index (χ4n) is 1.63. The van der Waals surface area contributed by atoms with Crippen molar-refractivity contribution in [2.45, 2.75) is 17.4 Å². The van der Waals surface area contributed by atoms with Gasteiger partial charge < -0.3 is 10.6 Å². The van der Waals surface area contributed by atoms with E-state index in [-0.39, 0.29) is 29.2 Å². The molecular formula is C11H11FN2O2S. The van der Waals surface area contributed by atoms with Crippen LogP contribution in [0.4, 0.5) is 4.39 Å². The van der Waals surface area contributed by atoms with Gasteiger partial charge in [0.05, 0.1) is 6.04 Å². The molecule has 17 heavy (non-hydrogen) atoms. The smallest absolute Gasteiger partial charge is 0.251 e. The lowest BCUT2D eigenvalue weighted by atomic mass is 10.2. The van der Waals surface area contributed by atoms with E-state index in [4.69, 9.17) is 0 Å². The van der Waals surface area contributed by atoms with Gasteiger partial charge in [-0.05, 0) is 18.2 Å². The number of carbonyl (C=O) groups excluding carboxylic acids is 2. The van der Waals surface area contributed by atoms with Crippen molar-refractivity contribution in [3.05, 3.63) is 29.6 Å². The Hall–Kier alpha value is -1.56. The molecule has 0 bridgehead atoms. The van der Waals surface area contributed by atoms with Crippen LogP contribution >= 0.6 is 12.6 Å². The summed E-state index contributed by atoms with van der Waals surface area (Å²) in [6.45, 7) is 0.430. The van der Waals surface area contributed by atoms with Gasteiger partial charge in [-0.25, -0.2) is 4.39 Å². The van der Waals surface area contributed by atoms with Crippen molar-refractivity contribution in [1.29, 1.82) is 0 Å². The van der Waals surface area contributed by atoms with Crippen LogP contribution in [0, 0.1) is 5.82 Å². The Bertz CT molecular complexity index is 479. The van der Waals surface area contributed by atoms with Crippen molar-refractivity contribution in [1.82, 2.24) is 10.6 Å². The van der Waals surface area contributed by atoms with Crippen LogP contribution in [0.1, 0.15) is 16.8 Å². The van der Waals surface area contributed by atoms with E-state index < -0.39 is 5.82 Å². The highest BCUT2D eigenvalue weighted by molar-refractivity contribution is 7.80. The highest BCUT2D eigenvalue weighted by atomic mass is 32.1. The summed E-state index contributed by atoms with van der Waals surface area (Å²) in [6, 6.07) is 3.73. The fraction of sp³-hybridized carbons (Fsp3) is 0.273. The molecule has 1 fully saturated rings. The number of hydrogen-bond acceptors (Lipinski definition) is 3. The molecule has 0 spiro atoms. The first-order chi connectivity index (χ1) is 8.06. The third-order valence-electron chi connectivity index (χ3n) is 2.52. The summed E-state index contributed by atoms with van der Waals surface area (Å²) >= 11 is 3.90. The minimum Gasteiger partial charge on any atom is -0.354 e. The maximum absolute atomic E-state index is 13.0. The largest absolute Gasteiger partial charge is 0.354 e. The van der Waals surface area contributed by atoms with Gasteiger partial charge in [-0.15, -0.1) is 12.6 Å². The SMILES string of the molecule is O=C1CC(NC(=O)c2ccc(F)c(S)c2)CN1. The molecule has 0 aliphatic carbocycles. The number of thiol groups is 1. The van der Waals surface area contributed by atoms with Gasteiger partial charge in [-0.1, -0.05) is 0 Å². The van der Waals surface area contributed by atoms with E-state index in [0.717, 1.165) is 0 Å². The van der Waals surface area contributed by atoms with E-state index in [0.29, 0.717) is 12.1 Å². The van der Waals surface area contributed by atoms with Gasteiger partial charge in [-0.2, -0.15) is 0 Å². The molecule has 90 valence electrons. The van der Waals surface area contributed by atoms with Gasteiger partial charge >= 0.3 is 0 Å². The molecule has 1 saturated heterocycles. The molecule has 2 N–H and O–H groups in total. The van der Waals surface area contributed by atoms with Gasteiger partial charge in [-0.3, -0.25) is 9.59 Å². The van der Waals surface area contributed by atoms with E-state index in [2.05, 4.69) is 23.3 Å². The monoisotopic (exact) mass is 254 g/mol. The summed E-state index contributed by atoms with van der Waals surface area (Å²) in [5.41, 5.74) is 0.329. The molecule has 1 unspecified atom stereocenters. The quantitative estimate of drug-likeness (QED) is 0.682. The molecular weight excluding hydrogens is 243 g/mol. The zero-order valence-electron chi connectivity index (χ0n) is 8.87. The third kappa shape index (κ3) is 2.76. The molecule has 0 aromatic heterocycles. The minimum atomic E-state index is -0.470. The Labute approximate surface area is 103 Å². The van der Waals surface area contributed by atoms with Crippen molar-refractivity contribution in [2.24, 2.45) is 0 Å². The summed E-state index contributed by atoms with van der Waals surface area (Å²) < 4.78 is 13.0. The molecule has 1 atom stereocenters.